The van der Waals surface area contributed by atoms with Crippen molar-refractivity contribution in [2.24, 2.45) is 4.99 Å². The maximum absolute atomic E-state index is 12.5. The van der Waals surface area contributed by atoms with Crippen LogP contribution in [-0.4, -0.2) is 23.1 Å². The molecule has 2 aromatic carbocycles. The van der Waals surface area contributed by atoms with Crippen LogP contribution in [0.1, 0.15) is 35.3 Å². The molecule has 29 heavy (non-hydrogen) atoms. The van der Waals surface area contributed by atoms with E-state index in [0.29, 0.717) is 17.0 Å². The summed E-state index contributed by atoms with van der Waals surface area (Å²) in [6.07, 6.45) is 6.70. The number of esters is 1. The van der Waals surface area contributed by atoms with E-state index in [1.54, 1.807) is 19.1 Å². The van der Waals surface area contributed by atoms with Gasteiger partial charge in [0, 0.05) is 0 Å². The molecule has 0 saturated heterocycles. The van der Waals surface area contributed by atoms with Crippen molar-refractivity contribution in [2.45, 2.75) is 33.2 Å². The Morgan fingerprint density at radius 1 is 1.14 bits per heavy atom. The van der Waals surface area contributed by atoms with Crippen LogP contribution in [0.4, 0.5) is 0 Å². The van der Waals surface area contributed by atoms with Crippen molar-refractivity contribution in [1.29, 1.82) is 0 Å². The number of hydrogen-bond donors (Lipinski definition) is 0. The topological polar surface area (TPSA) is 60.7 Å². The highest BCUT2D eigenvalue weighted by molar-refractivity contribution is 7.16. The highest BCUT2D eigenvalue weighted by Gasteiger charge is 2.12. The van der Waals surface area contributed by atoms with E-state index in [2.05, 4.69) is 17.8 Å². The molecular formula is C23H22N2O3S. The molecule has 1 heterocycles. The molecule has 0 spiro atoms. The minimum Gasteiger partial charge on any atom is -0.462 e. The summed E-state index contributed by atoms with van der Waals surface area (Å²) in [4.78, 5) is 29.3. The first-order chi connectivity index (χ1) is 14.0. The molecule has 6 heteroatoms. The summed E-state index contributed by atoms with van der Waals surface area (Å²) < 4.78 is 7.69. The molecule has 148 valence electrons. The molecule has 0 saturated carbocycles. The molecule has 0 unspecified atom stereocenters. The van der Waals surface area contributed by atoms with E-state index < -0.39 is 0 Å². The molecule has 0 fully saturated rings. The van der Waals surface area contributed by atoms with Gasteiger partial charge in [0.1, 0.15) is 0 Å². The number of benzene rings is 2. The molecule has 0 radical (unpaired) electrons. The zero-order chi connectivity index (χ0) is 20.8. The van der Waals surface area contributed by atoms with Gasteiger partial charge in [-0.1, -0.05) is 48.4 Å². The summed E-state index contributed by atoms with van der Waals surface area (Å²) in [5, 5.41) is 0. The van der Waals surface area contributed by atoms with E-state index in [-0.39, 0.29) is 24.8 Å². The molecular weight excluding hydrogens is 384 g/mol. The molecule has 0 aliphatic heterocycles. The van der Waals surface area contributed by atoms with Gasteiger partial charge >= 0.3 is 5.97 Å². The van der Waals surface area contributed by atoms with Gasteiger partial charge in [-0.05, 0) is 42.7 Å². The normalized spacial score (nSPS) is 11.4. The number of fused-ring (bicyclic) bond motifs is 1. The fourth-order valence-electron chi connectivity index (χ4n) is 2.96. The van der Waals surface area contributed by atoms with E-state index in [1.807, 2.05) is 34.9 Å². The van der Waals surface area contributed by atoms with Gasteiger partial charge in [-0.3, -0.25) is 4.79 Å². The fourth-order valence-corrected chi connectivity index (χ4v) is 4.04. The lowest BCUT2D eigenvalue weighted by Crippen LogP contribution is -2.17. The van der Waals surface area contributed by atoms with Crippen LogP contribution in [-0.2, 0) is 28.9 Å². The van der Waals surface area contributed by atoms with Crippen LogP contribution in [0, 0.1) is 12.3 Å². The van der Waals surface area contributed by atoms with Crippen LogP contribution in [0.2, 0.25) is 0 Å². The lowest BCUT2D eigenvalue weighted by atomic mass is 10.1. The molecule has 0 aliphatic rings. The SMILES string of the molecule is C#CCn1c(=NC(=O)Cc2ccc(CC)cc2)sc2cc(C(=O)OCC)ccc21. The third-order valence-electron chi connectivity index (χ3n) is 4.45. The van der Waals surface area contributed by atoms with Crippen LogP contribution >= 0.6 is 11.3 Å². The van der Waals surface area contributed by atoms with Crippen molar-refractivity contribution in [3.8, 4) is 12.3 Å². The predicted octanol–water partition coefficient (Wildman–Crippen LogP) is 3.75. The lowest BCUT2D eigenvalue weighted by molar-refractivity contribution is -0.117. The molecule has 1 amide bonds. The number of hydrogen-bond acceptors (Lipinski definition) is 4. The van der Waals surface area contributed by atoms with Crippen molar-refractivity contribution in [3.05, 3.63) is 64.0 Å². The number of aromatic nitrogens is 1. The van der Waals surface area contributed by atoms with Crippen LogP contribution in [0.5, 0.6) is 0 Å². The van der Waals surface area contributed by atoms with Crippen molar-refractivity contribution in [2.75, 3.05) is 6.61 Å². The Hall–Kier alpha value is -3.17. The molecule has 0 bridgehead atoms. The van der Waals surface area contributed by atoms with Gasteiger partial charge in [-0.25, -0.2) is 4.79 Å². The van der Waals surface area contributed by atoms with Gasteiger partial charge in [-0.15, -0.1) is 6.42 Å². The highest BCUT2D eigenvalue weighted by Crippen LogP contribution is 2.20. The van der Waals surface area contributed by atoms with Crippen LogP contribution in [0.3, 0.4) is 0 Å². The molecule has 0 N–H and O–H groups in total. The number of rotatable bonds is 6. The molecule has 0 aliphatic carbocycles. The number of ether oxygens (including phenoxy) is 1. The van der Waals surface area contributed by atoms with E-state index in [0.717, 1.165) is 22.2 Å². The minimum absolute atomic E-state index is 0.225. The largest absolute Gasteiger partial charge is 0.462 e. The van der Waals surface area contributed by atoms with Crippen molar-refractivity contribution in [3.63, 3.8) is 0 Å². The molecule has 3 aromatic rings. The minimum atomic E-state index is -0.378. The average Bonchev–Trinajstić information content (AvgIpc) is 3.05. The summed E-state index contributed by atoms with van der Waals surface area (Å²) in [6.45, 7) is 4.46. The molecule has 1 aromatic heterocycles. The average molecular weight is 407 g/mol. The Labute approximate surface area is 173 Å². The van der Waals surface area contributed by atoms with E-state index in [4.69, 9.17) is 11.2 Å². The Kier molecular flexibility index (Phi) is 6.63. The Morgan fingerprint density at radius 3 is 2.52 bits per heavy atom. The maximum Gasteiger partial charge on any atom is 0.338 e. The predicted molar refractivity (Wildman–Crippen MR) is 115 cm³/mol. The number of carbonyl (C=O) groups excluding carboxylic acids is 2. The van der Waals surface area contributed by atoms with E-state index >= 15 is 0 Å². The summed E-state index contributed by atoms with van der Waals surface area (Å²) in [7, 11) is 0. The number of carbonyl (C=O) groups is 2. The maximum atomic E-state index is 12.5. The zero-order valence-corrected chi connectivity index (χ0v) is 17.3. The van der Waals surface area contributed by atoms with Crippen LogP contribution < -0.4 is 4.80 Å². The van der Waals surface area contributed by atoms with E-state index in [9.17, 15) is 9.59 Å². The van der Waals surface area contributed by atoms with Gasteiger partial charge < -0.3 is 9.30 Å². The van der Waals surface area contributed by atoms with Crippen molar-refractivity contribution in [1.82, 2.24) is 4.57 Å². The lowest BCUT2D eigenvalue weighted by Gasteiger charge is -2.03. The first-order valence-corrected chi connectivity index (χ1v) is 10.3. The third kappa shape index (κ3) is 4.82. The fraction of sp³-hybridized carbons (Fsp3) is 0.261. The Balaban J connectivity index is 1.95. The van der Waals surface area contributed by atoms with Gasteiger partial charge in [0.05, 0.1) is 35.4 Å². The quantitative estimate of drug-likeness (QED) is 0.463. The molecule has 5 nitrogen and oxygen atoms in total. The smallest absolute Gasteiger partial charge is 0.338 e. The summed E-state index contributed by atoms with van der Waals surface area (Å²) in [5.41, 5.74) is 3.44. The third-order valence-corrected chi connectivity index (χ3v) is 5.49. The summed E-state index contributed by atoms with van der Waals surface area (Å²) in [5.74, 6) is 1.99. The second-order valence-corrected chi connectivity index (χ2v) is 7.44. The second kappa shape index (κ2) is 9.35. The number of terminal acetylenes is 1. The first kappa shape index (κ1) is 20.6. The number of amides is 1. The van der Waals surface area contributed by atoms with Gasteiger partial charge in [0.25, 0.3) is 5.91 Å². The zero-order valence-electron chi connectivity index (χ0n) is 16.5. The first-order valence-electron chi connectivity index (χ1n) is 9.45. The number of aryl methyl sites for hydroxylation is 1. The number of nitrogens with zero attached hydrogens (tertiary/aromatic N) is 2. The Bertz CT molecular complexity index is 1150. The monoisotopic (exact) mass is 406 g/mol. The summed E-state index contributed by atoms with van der Waals surface area (Å²) >= 11 is 1.33. The van der Waals surface area contributed by atoms with Crippen LogP contribution in [0.15, 0.2) is 47.5 Å². The van der Waals surface area contributed by atoms with E-state index in [1.165, 1.54) is 16.9 Å². The highest BCUT2D eigenvalue weighted by atomic mass is 32.1. The van der Waals surface area contributed by atoms with Crippen molar-refractivity contribution < 1.29 is 14.3 Å². The van der Waals surface area contributed by atoms with Gasteiger partial charge in [0.2, 0.25) is 0 Å². The Morgan fingerprint density at radius 2 is 1.86 bits per heavy atom. The molecule has 0 atom stereocenters. The number of thiazole rings is 1. The van der Waals surface area contributed by atoms with Gasteiger partial charge in [0.15, 0.2) is 4.80 Å². The van der Waals surface area contributed by atoms with Crippen LogP contribution in [0.25, 0.3) is 10.2 Å². The van der Waals surface area contributed by atoms with Gasteiger partial charge in [-0.2, -0.15) is 4.99 Å². The summed E-state index contributed by atoms with van der Waals surface area (Å²) in [6, 6.07) is 13.2. The van der Waals surface area contributed by atoms with Crippen molar-refractivity contribution >= 4 is 33.4 Å². The molecule has 3 rings (SSSR count). The second-order valence-electron chi connectivity index (χ2n) is 6.43. The standard InChI is InChI=1S/C23H22N2O3S/c1-4-13-25-19-12-11-18(22(27)28-6-3)15-20(19)29-23(25)24-21(26)14-17-9-7-16(5-2)8-10-17/h1,7-12,15H,5-6,13-14H2,2-3H3.